The minimum absolute atomic E-state index is 0.121. The zero-order chi connectivity index (χ0) is 16.3. The van der Waals surface area contributed by atoms with Gasteiger partial charge >= 0.3 is 6.09 Å². The molecule has 1 aromatic rings. The molecule has 22 heavy (non-hydrogen) atoms. The molecule has 0 saturated heterocycles. The Morgan fingerprint density at radius 1 is 1.36 bits per heavy atom. The van der Waals surface area contributed by atoms with Crippen molar-refractivity contribution < 1.29 is 24.1 Å². The zero-order valence-corrected chi connectivity index (χ0v) is 13.5. The van der Waals surface area contributed by atoms with E-state index >= 15 is 0 Å². The van der Waals surface area contributed by atoms with E-state index in [2.05, 4.69) is 0 Å². The quantitative estimate of drug-likeness (QED) is 0.924. The molecule has 1 unspecified atom stereocenters. The molecule has 1 N–H and O–H groups in total. The number of amides is 1. The monoisotopic (exact) mass is 309 g/mol. The minimum Gasteiger partial charge on any atom is -0.496 e. The third-order valence-electron chi connectivity index (χ3n) is 4.16. The maximum absolute atomic E-state index is 12.0. The summed E-state index contributed by atoms with van der Waals surface area (Å²) in [4.78, 5) is 13.7. The molecule has 2 rings (SSSR count). The number of carbonyl (C=O) groups is 1. The van der Waals surface area contributed by atoms with Crippen molar-refractivity contribution in [1.82, 2.24) is 4.90 Å². The highest BCUT2D eigenvalue weighted by atomic mass is 16.5. The minimum atomic E-state index is -0.343. The van der Waals surface area contributed by atoms with E-state index in [1.54, 1.807) is 25.2 Å². The van der Waals surface area contributed by atoms with Gasteiger partial charge in [-0.2, -0.15) is 0 Å². The lowest BCUT2D eigenvalue weighted by Crippen LogP contribution is -2.40. The van der Waals surface area contributed by atoms with E-state index in [0.717, 1.165) is 17.5 Å². The van der Waals surface area contributed by atoms with Gasteiger partial charge < -0.3 is 24.2 Å². The van der Waals surface area contributed by atoms with Crippen LogP contribution >= 0.6 is 0 Å². The predicted molar refractivity (Wildman–Crippen MR) is 81.3 cm³/mol. The molecule has 6 heteroatoms. The molecule has 0 fully saturated rings. The fourth-order valence-corrected chi connectivity index (χ4v) is 3.22. The summed E-state index contributed by atoms with van der Waals surface area (Å²) in [6, 6.07) is 1.65. The summed E-state index contributed by atoms with van der Waals surface area (Å²) >= 11 is 0. The summed E-state index contributed by atoms with van der Waals surface area (Å²) in [6.07, 6.45) is 1.03. The van der Waals surface area contributed by atoms with Gasteiger partial charge in [0.05, 0.1) is 34.0 Å². The number of ether oxygens (including phenoxy) is 3. The molecule has 6 nitrogen and oxygen atoms in total. The molecule has 0 saturated carbocycles. The number of methoxy groups -OCH3 is 3. The Bertz CT molecular complexity index is 558. The summed E-state index contributed by atoms with van der Waals surface area (Å²) in [7, 11) is 4.57. The predicted octanol–water partition coefficient (Wildman–Crippen LogP) is 2.27. The molecular formula is C16H23NO5. The second-order valence-electron chi connectivity index (χ2n) is 5.16. The number of carbonyl (C=O) groups excluding carboxylic acids is 1. The van der Waals surface area contributed by atoms with Gasteiger partial charge in [-0.1, -0.05) is 6.92 Å². The fraction of sp³-hybridized carbons (Fsp3) is 0.562. The zero-order valence-electron chi connectivity index (χ0n) is 13.5. The van der Waals surface area contributed by atoms with Crippen LogP contribution in [0.1, 0.15) is 36.1 Å². The third kappa shape index (κ3) is 2.59. The lowest BCUT2D eigenvalue weighted by molar-refractivity contribution is 0.0982. The molecule has 1 aromatic carbocycles. The van der Waals surface area contributed by atoms with E-state index in [1.807, 2.05) is 6.92 Å². The molecule has 0 spiro atoms. The van der Waals surface area contributed by atoms with Crippen LogP contribution in [0.3, 0.4) is 0 Å². The SMILES string of the molecule is CCC1c2c(OC)cc(CO)c(OC)c2CCN1C(=O)OC. The van der Waals surface area contributed by atoms with Gasteiger partial charge in [-0.05, 0) is 18.9 Å². The van der Waals surface area contributed by atoms with Crippen LogP contribution in [0.4, 0.5) is 4.79 Å². The van der Waals surface area contributed by atoms with Crippen LogP contribution in [0.2, 0.25) is 0 Å². The van der Waals surface area contributed by atoms with Crippen molar-refractivity contribution in [2.24, 2.45) is 0 Å². The number of aliphatic hydroxyl groups excluding tert-OH is 1. The highest BCUT2D eigenvalue weighted by Gasteiger charge is 2.35. The normalized spacial score (nSPS) is 17.0. The number of hydrogen-bond acceptors (Lipinski definition) is 5. The van der Waals surface area contributed by atoms with Crippen molar-refractivity contribution in [1.29, 1.82) is 0 Å². The van der Waals surface area contributed by atoms with E-state index in [0.29, 0.717) is 30.0 Å². The van der Waals surface area contributed by atoms with Crippen LogP contribution in [-0.4, -0.2) is 44.0 Å². The van der Waals surface area contributed by atoms with Crippen molar-refractivity contribution in [3.8, 4) is 11.5 Å². The molecule has 0 radical (unpaired) electrons. The number of rotatable bonds is 4. The van der Waals surface area contributed by atoms with E-state index in [9.17, 15) is 9.90 Å². The smallest absolute Gasteiger partial charge is 0.410 e. The summed E-state index contributed by atoms with van der Waals surface area (Å²) in [5.74, 6) is 1.35. The number of benzene rings is 1. The highest BCUT2D eigenvalue weighted by molar-refractivity contribution is 5.70. The molecular weight excluding hydrogens is 286 g/mol. The van der Waals surface area contributed by atoms with Crippen LogP contribution in [0.25, 0.3) is 0 Å². The molecule has 1 aliphatic heterocycles. The van der Waals surface area contributed by atoms with E-state index < -0.39 is 0 Å². The second-order valence-corrected chi connectivity index (χ2v) is 5.16. The molecule has 0 aliphatic carbocycles. The van der Waals surface area contributed by atoms with Crippen molar-refractivity contribution >= 4 is 6.09 Å². The van der Waals surface area contributed by atoms with Crippen LogP contribution in [0.5, 0.6) is 11.5 Å². The second kappa shape index (κ2) is 6.87. The highest BCUT2D eigenvalue weighted by Crippen LogP contribution is 2.44. The number of hydrogen-bond donors (Lipinski definition) is 1. The molecule has 0 aromatic heterocycles. The molecule has 1 heterocycles. The maximum atomic E-state index is 12.0. The van der Waals surface area contributed by atoms with Gasteiger partial charge in [0, 0.05) is 23.2 Å². The van der Waals surface area contributed by atoms with Gasteiger partial charge in [-0.15, -0.1) is 0 Å². The summed E-state index contributed by atoms with van der Waals surface area (Å²) in [5, 5.41) is 9.55. The van der Waals surface area contributed by atoms with E-state index in [4.69, 9.17) is 14.2 Å². The van der Waals surface area contributed by atoms with Gasteiger partial charge in [-0.25, -0.2) is 4.79 Å². The number of nitrogens with zero attached hydrogens (tertiary/aromatic N) is 1. The topological polar surface area (TPSA) is 68.2 Å². The number of aliphatic hydroxyl groups is 1. The molecule has 1 aliphatic rings. The first-order valence-electron chi connectivity index (χ1n) is 7.34. The standard InChI is InChI=1S/C16H23NO5/c1-5-12-14-11(6-7-17(12)16(19)22-4)15(21-3)10(9-18)8-13(14)20-2/h8,12,18H,5-7,9H2,1-4H3. The lowest BCUT2D eigenvalue weighted by Gasteiger charge is -2.37. The van der Waals surface area contributed by atoms with Gasteiger partial charge in [-0.3, -0.25) is 0 Å². The molecule has 0 bridgehead atoms. The van der Waals surface area contributed by atoms with E-state index in [1.165, 1.54) is 7.11 Å². The van der Waals surface area contributed by atoms with Crippen LogP contribution < -0.4 is 9.47 Å². The van der Waals surface area contributed by atoms with Crippen LogP contribution in [-0.2, 0) is 17.8 Å². The fourth-order valence-electron chi connectivity index (χ4n) is 3.22. The Balaban J connectivity index is 2.62. The lowest BCUT2D eigenvalue weighted by atomic mass is 9.88. The Morgan fingerprint density at radius 3 is 2.59 bits per heavy atom. The summed E-state index contributed by atoms with van der Waals surface area (Å²) in [5.41, 5.74) is 2.63. The van der Waals surface area contributed by atoms with Crippen molar-refractivity contribution in [3.05, 3.63) is 22.8 Å². The Morgan fingerprint density at radius 2 is 2.09 bits per heavy atom. The van der Waals surface area contributed by atoms with E-state index in [-0.39, 0.29) is 18.7 Å². The van der Waals surface area contributed by atoms with Gasteiger partial charge in [0.25, 0.3) is 0 Å². The van der Waals surface area contributed by atoms with Crippen molar-refractivity contribution in [3.63, 3.8) is 0 Å². The van der Waals surface area contributed by atoms with Crippen molar-refractivity contribution in [2.45, 2.75) is 32.4 Å². The number of fused-ring (bicyclic) bond motifs is 1. The van der Waals surface area contributed by atoms with Gasteiger partial charge in [0.15, 0.2) is 0 Å². The van der Waals surface area contributed by atoms with Crippen LogP contribution in [0.15, 0.2) is 6.07 Å². The first-order chi connectivity index (χ1) is 10.6. The Kier molecular flexibility index (Phi) is 5.13. The van der Waals surface area contributed by atoms with Crippen molar-refractivity contribution in [2.75, 3.05) is 27.9 Å². The molecule has 1 amide bonds. The first-order valence-corrected chi connectivity index (χ1v) is 7.34. The first kappa shape index (κ1) is 16.4. The van der Waals surface area contributed by atoms with Gasteiger partial charge in [0.2, 0.25) is 0 Å². The summed E-state index contributed by atoms with van der Waals surface area (Å²) < 4.78 is 15.9. The average molecular weight is 309 g/mol. The van der Waals surface area contributed by atoms with Crippen LogP contribution in [0, 0.1) is 0 Å². The Labute approximate surface area is 130 Å². The molecule has 122 valence electrons. The largest absolute Gasteiger partial charge is 0.496 e. The molecule has 1 atom stereocenters. The maximum Gasteiger partial charge on any atom is 0.410 e. The van der Waals surface area contributed by atoms with Gasteiger partial charge in [0.1, 0.15) is 11.5 Å². The third-order valence-corrected chi connectivity index (χ3v) is 4.16. The average Bonchev–Trinajstić information content (AvgIpc) is 2.57. The summed E-state index contributed by atoms with van der Waals surface area (Å²) in [6.45, 7) is 2.44. The Hall–Kier alpha value is -1.95.